The molecule has 5 heteroatoms. The number of nitrogen functional groups attached to an aromatic ring is 1. The van der Waals surface area contributed by atoms with Gasteiger partial charge in [-0.3, -0.25) is 5.10 Å². The maximum atomic E-state index is 5.53. The zero-order valence-electron chi connectivity index (χ0n) is 7.86. The van der Waals surface area contributed by atoms with Crippen LogP contribution in [0.2, 0.25) is 0 Å². The Kier molecular flexibility index (Phi) is 1.53. The van der Waals surface area contributed by atoms with Crippen LogP contribution in [0.3, 0.4) is 0 Å². The molecule has 0 radical (unpaired) electrons. The lowest BCUT2D eigenvalue weighted by molar-refractivity contribution is 1.09. The third kappa shape index (κ3) is 1.25. The number of anilines is 1. The standard InChI is InChI=1S/C10H9N5/c11-9-5-8(14-15-9)10-12-6-3-1-2-4-7(6)13-10/h1-5H,(H,12,13)(H3,11,14,15). The van der Waals surface area contributed by atoms with Crippen LogP contribution >= 0.6 is 0 Å². The average Bonchev–Trinajstić information content (AvgIpc) is 2.82. The van der Waals surface area contributed by atoms with Crippen molar-refractivity contribution in [2.75, 3.05) is 5.73 Å². The van der Waals surface area contributed by atoms with E-state index in [-0.39, 0.29) is 0 Å². The quantitative estimate of drug-likeness (QED) is 0.555. The third-order valence-corrected chi connectivity index (χ3v) is 2.24. The van der Waals surface area contributed by atoms with Gasteiger partial charge in [-0.05, 0) is 12.1 Å². The van der Waals surface area contributed by atoms with Crippen LogP contribution in [0.1, 0.15) is 0 Å². The van der Waals surface area contributed by atoms with Gasteiger partial charge in [-0.1, -0.05) is 12.1 Å². The topological polar surface area (TPSA) is 83.4 Å². The number of hydrogen-bond donors (Lipinski definition) is 3. The molecule has 4 N–H and O–H groups in total. The lowest BCUT2D eigenvalue weighted by Gasteiger charge is -1.86. The van der Waals surface area contributed by atoms with Gasteiger partial charge in [-0.25, -0.2) is 4.98 Å². The van der Waals surface area contributed by atoms with E-state index in [1.54, 1.807) is 6.07 Å². The minimum Gasteiger partial charge on any atom is -0.382 e. The summed E-state index contributed by atoms with van der Waals surface area (Å²) in [7, 11) is 0. The summed E-state index contributed by atoms with van der Waals surface area (Å²) >= 11 is 0. The molecule has 74 valence electrons. The highest BCUT2D eigenvalue weighted by molar-refractivity contribution is 5.78. The molecule has 2 aromatic heterocycles. The Morgan fingerprint density at radius 3 is 2.80 bits per heavy atom. The third-order valence-electron chi connectivity index (χ3n) is 2.24. The molecule has 0 atom stereocenters. The molecule has 0 unspecified atom stereocenters. The minimum atomic E-state index is 0.463. The molecule has 15 heavy (non-hydrogen) atoms. The zero-order valence-corrected chi connectivity index (χ0v) is 7.86. The van der Waals surface area contributed by atoms with Gasteiger partial charge in [0, 0.05) is 6.07 Å². The van der Waals surface area contributed by atoms with E-state index in [0.29, 0.717) is 5.82 Å². The average molecular weight is 199 g/mol. The second-order valence-corrected chi connectivity index (χ2v) is 3.31. The number of rotatable bonds is 1. The van der Waals surface area contributed by atoms with Crippen molar-refractivity contribution in [3.63, 3.8) is 0 Å². The Morgan fingerprint density at radius 1 is 1.20 bits per heavy atom. The predicted molar refractivity (Wildman–Crippen MR) is 58.1 cm³/mol. The second-order valence-electron chi connectivity index (χ2n) is 3.31. The van der Waals surface area contributed by atoms with Gasteiger partial charge in [0.2, 0.25) is 0 Å². The smallest absolute Gasteiger partial charge is 0.156 e. The van der Waals surface area contributed by atoms with Crippen molar-refractivity contribution in [2.45, 2.75) is 0 Å². The SMILES string of the molecule is Nc1cc(-c2nc3ccccc3[nH]2)[nH]n1. The van der Waals surface area contributed by atoms with E-state index < -0.39 is 0 Å². The lowest BCUT2D eigenvalue weighted by atomic mass is 10.3. The van der Waals surface area contributed by atoms with E-state index in [9.17, 15) is 0 Å². The van der Waals surface area contributed by atoms with Crippen LogP contribution in [0.5, 0.6) is 0 Å². The fraction of sp³-hybridized carbons (Fsp3) is 0. The molecule has 0 saturated carbocycles. The number of aromatic nitrogens is 4. The van der Waals surface area contributed by atoms with Crippen LogP contribution in [0, 0.1) is 0 Å². The van der Waals surface area contributed by atoms with Crippen molar-refractivity contribution in [1.82, 2.24) is 20.2 Å². The number of para-hydroxylation sites is 2. The summed E-state index contributed by atoms with van der Waals surface area (Å²) in [5, 5.41) is 6.67. The summed E-state index contributed by atoms with van der Waals surface area (Å²) in [6, 6.07) is 9.60. The van der Waals surface area contributed by atoms with Gasteiger partial charge in [0.25, 0.3) is 0 Å². The molecule has 0 aliphatic heterocycles. The molecule has 0 bridgehead atoms. The van der Waals surface area contributed by atoms with Gasteiger partial charge in [0.05, 0.1) is 11.0 Å². The summed E-state index contributed by atoms with van der Waals surface area (Å²) in [5.74, 6) is 1.21. The number of nitrogens with one attached hydrogen (secondary N) is 2. The van der Waals surface area contributed by atoms with Crippen LogP contribution in [-0.4, -0.2) is 20.2 Å². The Balaban J connectivity index is 2.19. The van der Waals surface area contributed by atoms with E-state index in [1.165, 1.54) is 0 Å². The summed E-state index contributed by atoms with van der Waals surface area (Å²) in [5.41, 5.74) is 8.25. The maximum Gasteiger partial charge on any atom is 0.156 e. The summed E-state index contributed by atoms with van der Waals surface area (Å²) < 4.78 is 0. The Morgan fingerprint density at radius 2 is 2.07 bits per heavy atom. The molecule has 0 fully saturated rings. The normalized spacial score (nSPS) is 10.9. The fourth-order valence-corrected chi connectivity index (χ4v) is 1.54. The first-order valence-corrected chi connectivity index (χ1v) is 4.59. The van der Waals surface area contributed by atoms with Gasteiger partial charge in [0.1, 0.15) is 11.5 Å². The van der Waals surface area contributed by atoms with Crippen molar-refractivity contribution in [3.8, 4) is 11.5 Å². The molecule has 1 aromatic carbocycles. The minimum absolute atomic E-state index is 0.463. The molecule has 0 amide bonds. The van der Waals surface area contributed by atoms with Crippen molar-refractivity contribution >= 4 is 16.9 Å². The molecule has 0 aliphatic rings. The zero-order chi connectivity index (χ0) is 10.3. The Labute approximate surface area is 85.3 Å². The van der Waals surface area contributed by atoms with Gasteiger partial charge in [-0.2, -0.15) is 5.10 Å². The first kappa shape index (κ1) is 8.05. The lowest BCUT2D eigenvalue weighted by Crippen LogP contribution is -1.81. The van der Waals surface area contributed by atoms with Crippen molar-refractivity contribution in [2.24, 2.45) is 0 Å². The number of aromatic amines is 2. The molecule has 0 aliphatic carbocycles. The number of nitrogens with zero attached hydrogens (tertiary/aromatic N) is 2. The van der Waals surface area contributed by atoms with Crippen molar-refractivity contribution in [1.29, 1.82) is 0 Å². The molecule has 0 spiro atoms. The highest BCUT2D eigenvalue weighted by Crippen LogP contribution is 2.19. The highest BCUT2D eigenvalue weighted by Gasteiger charge is 2.06. The van der Waals surface area contributed by atoms with Crippen LogP contribution in [0.15, 0.2) is 30.3 Å². The summed E-state index contributed by atoms with van der Waals surface area (Å²) in [6.07, 6.45) is 0. The van der Waals surface area contributed by atoms with Crippen LogP contribution in [-0.2, 0) is 0 Å². The fourth-order valence-electron chi connectivity index (χ4n) is 1.54. The highest BCUT2D eigenvalue weighted by atomic mass is 15.2. The number of hydrogen-bond acceptors (Lipinski definition) is 3. The van der Waals surface area contributed by atoms with Crippen LogP contribution in [0.25, 0.3) is 22.6 Å². The number of imidazole rings is 1. The Hall–Kier alpha value is -2.30. The monoisotopic (exact) mass is 199 g/mol. The van der Waals surface area contributed by atoms with E-state index in [2.05, 4.69) is 20.2 Å². The first-order valence-electron chi connectivity index (χ1n) is 4.59. The molecule has 3 rings (SSSR count). The van der Waals surface area contributed by atoms with E-state index in [0.717, 1.165) is 22.6 Å². The molecule has 0 saturated heterocycles. The van der Waals surface area contributed by atoms with Gasteiger partial charge < -0.3 is 10.7 Å². The molecule has 5 nitrogen and oxygen atoms in total. The van der Waals surface area contributed by atoms with Crippen LogP contribution < -0.4 is 5.73 Å². The molecular formula is C10H9N5. The number of fused-ring (bicyclic) bond motifs is 1. The van der Waals surface area contributed by atoms with E-state index >= 15 is 0 Å². The summed E-state index contributed by atoms with van der Waals surface area (Å²) in [6.45, 7) is 0. The van der Waals surface area contributed by atoms with Crippen LogP contribution in [0.4, 0.5) is 5.82 Å². The second kappa shape index (κ2) is 2.84. The molecular weight excluding hydrogens is 190 g/mol. The van der Waals surface area contributed by atoms with Gasteiger partial charge >= 0.3 is 0 Å². The number of benzene rings is 1. The number of nitrogens with two attached hydrogens (primary N) is 1. The van der Waals surface area contributed by atoms with Gasteiger partial charge in [-0.15, -0.1) is 0 Å². The summed E-state index contributed by atoms with van der Waals surface area (Å²) in [4.78, 5) is 7.60. The largest absolute Gasteiger partial charge is 0.382 e. The maximum absolute atomic E-state index is 5.53. The van der Waals surface area contributed by atoms with Crippen molar-refractivity contribution < 1.29 is 0 Å². The molecule has 3 aromatic rings. The van der Waals surface area contributed by atoms with E-state index in [1.807, 2.05) is 24.3 Å². The number of H-pyrrole nitrogens is 2. The van der Waals surface area contributed by atoms with E-state index in [4.69, 9.17) is 5.73 Å². The van der Waals surface area contributed by atoms with Crippen molar-refractivity contribution in [3.05, 3.63) is 30.3 Å². The Bertz CT molecular complexity index is 574. The molecule has 2 heterocycles. The van der Waals surface area contributed by atoms with Gasteiger partial charge in [0.15, 0.2) is 5.82 Å². The predicted octanol–water partition coefficient (Wildman–Crippen LogP) is 1.54. The first-order chi connectivity index (χ1) is 7.33.